The molecule has 0 unspecified atom stereocenters. The summed E-state index contributed by atoms with van der Waals surface area (Å²) < 4.78 is 1.96. The van der Waals surface area contributed by atoms with E-state index in [4.69, 9.17) is 18.0 Å². The fraction of sp³-hybridized carbons (Fsp3) is 0.400. The van der Waals surface area contributed by atoms with Gasteiger partial charge in [-0.1, -0.05) is 74.4 Å². The number of hydrogen-bond donors (Lipinski definition) is 0. The zero-order valence-electron chi connectivity index (χ0n) is 24.2. The number of para-hydroxylation sites is 1. The van der Waals surface area contributed by atoms with Gasteiger partial charge in [0.2, 0.25) is 5.69 Å². The molecule has 0 saturated carbocycles. The molecule has 1 aromatic rings. The standard InChI is InChI=1S/C35H44ClN2/c1-10-28-30(11-2)38(9)32(35(28,5)6)24-23-27-20-17-19-26(33(27)36)18-13-12-16-25-34(3,4)29-21-14-15-22-31(29)37(7)8/h1,11,13-15,18,21-24H,2,7,12,16-17,19-20,25H2,3-6,8-9H3/q+1/b18-13+,27-23+,32-24+. The SMILES string of the molecule is C#CC1=C(C=C)N(C)/C(=C/C=C2\CCCC(/C=C/CCCC(C)(C)c3ccccc3[N+](=C)C)=C2Cl)C1(C)C. The molecule has 0 radical (unpaired) electrons. The molecule has 1 heterocycles. The van der Waals surface area contributed by atoms with E-state index in [0.29, 0.717) is 0 Å². The van der Waals surface area contributed by atoms with E-state index in [9.17, 15) is 0 Å². The van der Waals surface area contributed by atoms with E-state index in [1.54, 1.807) is 0 Å². The molecule has 0 aromatic heterocycles. The first kappa shape index (κ1) is 29.5. The van der Waals surface area contributed by atoms with Crippen LogP contribution < -0.4 is 0 Å². The molecule has 0 saturated heterocycles. The molecule has 38 heavy (non-hydrogen) atoms. The molecule has 0 fully saturated rings. The van der Waals surface area contributed by atoms with Crippen molar-refractivity contribution in [2.75, 3.05) is 14.1 Å². The molecule has 0 N–H and O–H groups in total. The second-order valence-corrected chi connectivity index (χ2v) is 12.0. The van der Waals surface area contributed by atoms with E-state index >= 15 is 0 Å². The van der Waals surface area contributed by atoms with Crippen LogP contribution in [0.15, 0.2) is 94.4 Å². The summed E-state index contributed by atoms with van der Waals surface area (Å²) in [5.41, 5.74) is 7.95. The van der Waals surface area contributed by atoms with Crippen LogP contribution in [-0.2, 0) is 5.41 Å². The zero-order valence-corrected chi connectivity index (χ0v) is 25.0. The molecule has 1 aromatic carbocycles. The number of likely N-dealkylation sites (N-methyl/N-ethyl adjacent to an activating group) is 1. The molecule has 2 aliphatic rings. The molecular formula is C35H44ClN2+. The van der Waals surface area contributed by atoms with Crippen LogP contribution in [0.2, 0.25) is 0 Å². The van der Waals surface area contributed by atoms with Gasteiger partial charge < -0.3 is 4.90 Å². The second kappa shape index (κ2) is 12.2. The van der Waals surface area contributed by atoms with Crippen LogP contribution in [0.1, 0.15) is 71.8 Å². The van der Waals surface area contributed by atoms with Gasteiger partial charge in [-0.25, -0.2) is 4.58 Å². The van der Waals surface area contributed by atoms with Gasteiger partial charge in [-0.3, -0.25) is 0 Å². The predicted octanol–water partition coefficient (Wildman–Crippen LogP) is 9.20. The molecule has 3 rings (SSSR count). The van der Waals surface area contributed by atoms with Crippen molar-refractivity contribution in [1.82, 2.24) is 4.90 Å². The van der Waals surface area contributed by atoms with Gasteiger partial charge in [-0.05, 0) is 81.1 Å². The highest BCUT2D eigenvalue weighted by Crippen LogP contribution is 2.46. The Kier molecular flexibility index (Phi) is 9.50. The van der Waals surface area contributed by atoms with Crippen LogP contribution in [0, 0.1) is 17.8 Å². The summed E-state index contributed by atoms with van der Waals surface area (Å²) >= 11 is 6.91. The third-order valence-corrected chi connectivity index (χ3v) is 8.50. The Morgan fingerprint density at radius 1 is 1.21 bits per heavy atom. The van der Waals surface area contributed by atoms with Gasteiger partial charge in [-0.15, -0.1) is 6.42 Å². The molecule has 1 aliphatic carbocycles. The molecule has 200 valence electrons. The third kappa shape index (κ3) is 6.16. The fourth-order valence-electron chi connectivity index (χ4n) is 5.77. The quantitative estimate of drug-likeness (QED) is 0.134. The van der Waals surface area contributed by atoms with E-state index in [0.717, 1.165) is 60.5 Å². The number of terminal acetylenes is 1. The monoisotopic (exact) mass is 527 g/mol. The first-order valence-electron chi connectivity index (χ1n) is 13.6. The van der Waals surface area contributed by atoms with Crippen molar-refractivity contribution in [3.63, 3.8) is 0 Å². The van der Waals surface area contributed by atoms with Crippen LogP contribution in [0.25, 0.3) is 0 Å². The number of benzene rings is 1. The second-order valence-electron chi connectivity index (χ2n) is 11.6. The highest BCUT2D eigenvalue weighted by molar-refractivity contribution is 6.32. The molecule has 0 atom stereocenters. The number of unbranched alkanes of at least 4 members (excludes halogenated alkanes) is 1. The highest BCUT2D eigenvalue weighted by atomic mass is 35.5. The molecule has 2 nitrogen and oxygen atoms in total. The maximum Gasteiger partial charge on any atom is 0.208 e. The van der Waals surface area contributed by atoms with E-state index < -0.39 is 0 Å². The Morgan fingerprint density at radius 2 is 1.92 bits per heavy atom. The average molecular weight is 528 g/mol. The smallest absolute Gasteiger partial charge is 0.208 e. The Balaban J connectivity index is 1.69. The molecular weight excluding hydrogens is 484 g/mol. The minimum atomic E-state index is -0.241. The highest BCUT2D eigenvalue weighted by Gasteiger charge is 2.38. The Hall–Kier alpha value is -3.02. The first-order valence-corrected chi connectivity index (χ1v) is 14.0. The van der Waals surface area contributed by atoms with Crippen molar-refractivity contribution >= 4 is 24.0 Å². The number of rotatable bonds is 9. The van der Waals surface area contributed by atoms with Gasteiger partial charge in [-0.2, -0.15) is 0 Å². The lowest BCUT2D eigenvalue weighted by Crippen LogP contribution is -2.19. The van der Waals surface area contributed by atoms with Gasteiger partial charge in [0.25, 0.3) is 0 Å². The van der Waals surface area contributed by atoms with E-state index in [-0.39, 0.29) is 10.8 Å². The van der Waals surface area contributed by atoms with Crippen molar-refractivity contribution in [2.45, 2.75) is 71.6 Å². The predicted molar refractivity (Wildman–Crippen MR) is 166 cm³/mol. The molecule has 3 heteroatoms. The minimum Gasteiger partial charge on any atom is -0.347 e. The fourth-order valence-corrected chi connectivity index (χ4v) is 6.08. The van der Waals surface area contributed by atoms with E-state index in [1.807, 2.05) is 17.7 Å². The average Bonchev–Trinajstić information content (AvgIpc) is 3.07. The lowest BCUT2D eigenvalue weighted by Gasteiger charge is -2.25. The van der Waals surface area contributed by atoms with Gasteiger partial charge in [0.1, 0.15) is 13.8 Å². The number of halogens is 1. The topological polar surface area (TPSA) is 6.25 Å². The minimum absolute atomic E-state index is 0.0856. The molecule has 1 aliphatic heterocycles. The summed E-state index contributed by atoms with van der Waals surface area (Å²) in [4.78, 5) is 2.15. The molecule has 0 bridgehead atoms. The summed E-state index contributed by atoms with van der Waals surface area (Å²) in [6.45, 7) is 17.1. The van der Waals surface area contributed by atoms with Crippen molar-refractivity contribution in [2.24, 2.45) is 5.41 Å². The van der Waals surface area contributed by atoms with Gasteiger partial charge in [0, 0.05) is 40.4 Å². The summed E-state index contributed by atoms with van der Waals surface area (Å²) in [6, 6.07) is 8.58. The Bertz CT molecular complexity index is 1290. The normalized spacial score (nSPS) is 20.1. The third-order valence-electron chi connectivity index (χ3n) is 8.02. The lowest BCUT2D eigenvalue weighted by molar-refractivity contribution is -0.395. The van der Waals surface area contributed by atoms with Crippen molar-refractivity contribution in [3.8, 4) is 12.3 Å². The number of hydrogen-bond acceptors (Lipinski definition) is 1. The zero-order chi connectivity index (χ0) is 28.1. The summed E-state index contributed by atoms with van der Waals surface area (Å²) in [7, 11) is 4.06. The van der Waals surface area contributed by atoms with Crippen molar-refractivity contribution < 1.29 is 4.58 Å². The lowest BCUT2D eigenvalue weighted by atomic mass is 9.79. The van der Waals surface area contributed by atoms with E-state index in [1.165, 1.54) is 22.4 Å². The molecule has 0 amide bonds. The Morgan fingerprint density at radius 3 is 2.55 bits per heavy atom. The van der Waals surface area contributed by atoms with Crippen LogP contribution in [0.4, 0.5) is 5.69 Å². The van der Waals surface area contributed by atoms with Gasteiger partial charge >= 0.3 is 0 Å². The van der Waals surface area contributed by atoms with Crippen LogP contribution in [0.5, 0.6) is 0 Å². The van der Waals surface area contributed by atoms with Crippen molar-refractivity contribution in [3.05, 3.63) is 99.9 Å². The van der Waals surface area contributed by atoms with E-state index in [2.05, 4.69) is 107 Å². The maximum absolute atomic E-state index is 6.91. The maximum atomic E-state index is 6.91. The Labute approximate surface area is 236 Å². The summed E-state index contributed by atoms with van der Waals surface area (Å²) in [5.74, 6) is 2.88. The summed E-state index contributed by atoms with van der Waals surface area (Å²) in [5, 5.41) is 0.893. The van der Waals surface area contributed by atoms with Crippen LogP contribution >= 0.6 is 11.6 Å². The largest absolute Gasteiger partial charge is 0.347 e. The van der Waals surface area contributed by atoms with Crippen molar-refractivity contribution in [1.29, 1.82) is 0 Å². The number of nitrogens with zero attached hydrogens (tertiary/aromatic N) is 2. The van der Waals surface area contributed by atoms with Gasteiger partial charge in [0.05, 0.1) is 5.70 Å². The number of allylic oxidation sites excluding steroid dienone is 9. The van der Waals surface area contributed by atoms with Gasteiger partial charge in [0.15, 0.2) is 0 Å². The molecule has 0 spiro atoms. The first-order chi connectivity index (χ1) is 18.0. The van der Waals surface area contributed by atoms with Crippen LogP contribution in [0.3, 0.4) is 0 Å². The van der Waals surface area contributed by atoms with Crippen LogP contribution in [-0.4, -0.2) is 30.3 Å². The summed E-state index contributed by atoms with van der Waals surface area (Å²) in [6.07, 6.45) is 23.0.